The minimum Gasteiger partial charge on any atom is -0.318 e. The third-order valence-corrected chi connectivity index (χ3v) is 6.22. The number of ketones is 1. The van der Waals surface area contributed by atoms with Gasteiger partial charge in [0.25, 0.3) is 0 Å². The highest BCUT2D eigenvalue weighted by Crippen LogP contribution is 2.21. The maximum Gasteiger partial charge on any atom is 0.211 e. The Morgan fingerprint density at radius 2 is 1.65 bits per heavy atom. The van der Waals surface area contributed by atoms with Gasteiger partial charge in [0.05, 0.1) is 12.8 Å². The molecule has 7 heteroatoms. The van der Waals surface area contributed by atoms with E-state index >= 15 is 0 Å². The van der Waals surface area contributed by atoms with Gasteiger partial charge >= 0.3 is 0 Å². The van der Waals surface area contributed by atoms with Crippen LogP contribution in [0.2, 0.25) is 0 Å². The maximum absolute atomic E-state index is 12.8. The lowest BCUT2D eigenvalue weighted by atomic mass is 10.1. The zero-order chi connectivity index (χ0) is 18.9. The molecule has 6 nitrogen and oxygen atoms in total. The van der Waals surface area contributed by atoms with E-state index in [4.69, 9.17) is 0 Å². The number of hydrogen-bond acceptors (Lipinski definition) is 4. The number of aryl methyl sites for hydroxylation is 1. The summed E-state index contributed by atoms with van der Waals surface area (Å²) in [5.74, 6) is 0.0769. The summed E-state index contributed by atoms with van der Waals surface area (Å²) in [7, 11) is -3.15. The van der Waals surface area contributed by atoms with Crippen LogP contribution in [0.3, 0.4) is 0 Å². The summed E-state index contributed by atoms with van der Waals surface area (Å²) in [5, 5.41) is 0. The Labute approximate surface area is 155 Å². The van der Waals surface area contributed by atoms with Crippen LogP contribution in [0.25, 0.3) is 5.69 Å². The van der Waals surface area contributed by atoms with Crippen molar-refractivity contribution < 1.29 is 13.2 Å². The van der Waals surface area contributed by atoms with E-state index in [1.807, 2.05) is 55.1 Å². The summed E-state index contributed by atoms with van der Waals surface area (Å²) in [6, 6.07) is 11.9. The molecular weight excluding hydrogens is 350 g/mol. The van der Waals surface area contributed by atoms with Crippen molar-refractivity contribution in [2.75, 3.05) is 39.0 Å². The predicted octanol–water partition coefficient (Wildman–Crippen LogP) is 1.85. The first-order chi connectivity index (χ1) is 12.3. The second-order valence-corrected chi connectivity index (χ2v) is 8.80. The summed E-state index contributed by atoms with van der Waals surface area (Å²) in [5.41, 5.74) is 3.74. The molecule has 1 saturated heterocycles. The summed E-state index contributed by atoms with van der Waals surface area (Å²) in [4.78, 5) is 14.8. The molecule has 0 spiro atoms. The van der Waals surface area contributed by atoms with E-state index in [-0.39, 0.29) is 5.78 Å². The molecule has 0 bridgehead atoms. The molecule has 2 heterocycles. The number of para-hydroxylation sites is 1. The number of carbonyl (C=O) groups excluding carboxylic acids is 1. The smallest absolute Gasteiger partial charge is 0.211 e. The Kier molecular flexibility index (Phi) is 5.32. The van der Waals surface area contributed by atoms with Crippen LogP contribution in [0.4, 0.5) is 0 Å². The highest BCUT2D eigenvalue weighted by molar-refractivity contribution is 7.88. The van der Waals surface area contributed by atoms with Gasteiger partial charge in [-0.2, -0.15) is 4.31 Å². The van der Waals surface area contributed by atoms with Gasteiger partial charge in [0, 0.05) is 48.8 Å². The maximum atomic E-state index is 12.8. The van der Waals surface area contributed by atoms with Gasteiger partial charge in [-0.15, -0.1) is 0 Å². The fraction of sp³-hybridized carbons (Fsp3) is 0.421. The SMILES string of the molecule is Cc1cc(C(=O)CN2CCN(S(C)(=O)=O)CC2)c(C)n1-c1ccccc1. The van der Waals surface area contributed by atoms with Crippen LogP contribution >= 0.6 is 0 Å². The standard InChI is InChI=1S/C19H25N3O3S/c1-15-13-18(16(2)22(15)17-7-5-4-6-8-17)19(23)14-20-9-11-21(12-10-20)26(3,24)25/h4-8,13H,9-12,14H2,1-3H3. The van der Waals surface area contributed by atoms with Gasteiger partial charge in [0.2, 0.25) is 10.0 Å². The van der Waals surface area contributed by atoms with Gasteiger partial charge in [0.15, 0.2) is 5.78 Å². The molecule has 1 aliphatic rings. The number of benzene rings is 1. The quantitative estimate of drug-likeness (QED) is 0.749. The summed E-state index contributed by atoms with van der Waals surface area (Å²) >= 11 is 0. The van der Waals surface area contributed by atoms with Gasteiger partial charge in [-0.05, 0) is 32.0 Å². The Bertz CT molecular complexity index is 896. The highest BCUT2D eigenvalue weighted by Gasteiger charge is 2.25. The Balaban J connectivity index is 1.72. The average molecular weight is 375 g/mol. The molecule has 0 unspecified atom stereocenters. The molecule has 26 heavy (non-hydrogen) atoms. The fourth-order valence-electron chi connectivity index (χ4n) is 3.53. The zero-order valence-electron chi connectivity index (χ0n) is 15.5. The second kappa shape index (κ2) is 7.34. The lowest BCUT2D eigenvalue weighted by Gasteiger charge is -2.32. The lowest BCUT2D eigenvalue weighted by Crippen LogP contribution is -2.49. The number of rotatable bonds is 5. The third-order valence-electron chi connectivity index (χ3n) is 4.91. The van der Waals surface area contributed by atoms with Crippen LogP contribution in [0, 0.1) is 13.8 Å². The molecule has 0 aliphatic carbocycles. The minimum atomic E-state index is -3.15. The normalized spacial score (nSPS) is 16.7. The second-order valence-electron chi connectivity index (χ2n) is 6.82. The van der Waals surface area contributed by atoms with Crippen LogP contribution in [0.15, 0.2) is 36.4 Å². The van der Waals surface area contributed by atoms with Crippen LogP contribution < -0.4 is 0 Å². The first-order valence-corrected chi connectivity index (χ1v) is 10.6. The van der Waals surface area contributed by atoms with Crippen molar-refractivity contribution in [3.63, 3.8) is 0 Å². The molecule has 3 rings (SSSR count). The Hall–Kier alpha value is -1.96. The summed E-state index contributed by atoms with van der Waals surface area (Å²) in [6.45, 7) is 6.32. The van der Waals surface area contributed by atoms with E-state index < -0.39 is 10.0 Å². The minimum absolute atomic E-state index is 0.0769. The predicted molar refractivity (Wildman–Crippen MR) is 102 cm³/mol. The number of sulfonamides is 1. The molecule has 1 aliphatic heterocycles. The molecule has 1 fully saturated rings. The van der Waals surface area contributed by atoms with Crippen molar-refractivity contribution in [2.24, 2.45) is 0 Å². The van der Waals surface area contributed by atoms with Crippen molar-refractivity contribution in [2.45, 2.75) is 13.8 Å². The largest absolute Gasteiger partial charge is 0.318 e. The molecule has 0 amide bonds. The van der Waals surface area contributed by atoms with Crippen molar-refractivity contribution in [3.8, 4) is 5.69 Å². The number of Topliss-reactive ketones (excluding diaryl/α,β-unsaturated/α-hetero) is 1. The number of aromatic nitrogens is 1. The first-order valence-electron chi connectivity index (χ1n) is 8.72. The molecule has 0 radical (unpaired) electrons. The van der Waals surface area contributed by atoms with E-state index in [2.05, 4.69) is 4.57 Å². The lowest BCUT2D eigenvalue weighted by molar-refractivity contribution is 0.0901. The molecule has 140 valence electrons. The average Bonchev–Trinajstić information content (AvgIpc) is 2.90. The van der Waals surface area contributed by atoms with Gasteiger partial charge < -0.3 is 4.57 Å². The van der Waals surface area contributed by atoms with Crippen molar-refractivity contribution in [3.05, 3.63) is 53.3 Å². The number of piperazine rings is 1. The first kappa shape index (κ1) is 18.8. The van der Waals surface area contributed by atoms with E-state index in [0.29, 0.717) is 32.7 Å². The van der Waals surface area contributed by atoms with E-state index in [1.54, 1.807) is 0 Å². The van der Waals surface area contributed by atoms with E-state index in [1.165, 1.54) is 10.6 Å². The molecule has 1 aromatic heterocycles. The van der Waals surface area contributed by atoms with Crippen molar-refractivity contribution >= 4 is 15.8 Å². The topological polar surface area (TPSA) is 62.6 Å². The number of carbonyl (C=O) groups is 1. The molecule has 1 aromatic carbocycles. The van der Waals surface area contributed by atoms with Gasteiger partial charge in [-0.3, -0.25) is 9.69 Å². The molecule has 2 aromatic rings. The molecule has 0 N–H and O–H groups in total. The molecular formula is C19H25N3O3S. The molecule has 0 atom stereocenters. The van der Waals surface area contributed by atoms with E-state index in [0.717, 1.165) is 22.6 Å². The Morgan fingerprint density at radius 1 is 1.04 bits per heavy atom. The highest BCUT2D eigenvalue weighted by atomic mass is 32.2. The van der Waals surface area contributed by atoms with Crippen LogP contribution in [-0.4, -0.2) is 67.0 Å². The van der Waals surface area contributed by atoms with Crippen LogP contribution in [0.1, 0.15) is 21.7 Å². The van der Waals surface area contributed by atoms with E-state index in [9.17, 15) is 13.2 Å². The van der Waals surface area contributed by atoms with Crippen LogP contribution in [-0.2, 0) is 10.0 Å². The van der Waals surface area contributed by atoms with Crippen LogP contribution in [0.5, 0.6) is 0 Å². The summed E-state index contributed by atoms with van der Waals surface area (Å²) < 4.78 is 26.7. The van der Waals surface area contributed by atoms with Gasteiger partial charge in [-0.25, -0.2) is 8.42 Å². The number of nitrogens with zero attached hydrogens (tertiary/aromatic N) is 3. The van der Waals surface area contributed by atoms with Gasteiger partial charge in [0.1, 0.15) is 0 Å². The number of hydrogen-bond donors (Lipinski definition) is 0. The monoisotopic (exact) mass is 375 g/mol. The zero-order valence-corrected chi connectivity index (χ0v) is 16.3. The van der Waals surface area contributed by atoms with Gasteiger partial charge in [-0.1, -0.05) is 18.2 Å². The van der Waals surface area contributed by atoms with Crippen molar-refractivity contribution in [1.29, 1.82) is 0 Å². The third kappa shape index (κ3) is 3.90. The Morgan fingerprint density at radius 3 is 2.23 bits per heavy atom. The summed E-state index contributed by atoms with van der Waals surface area (Å²) in [6.07, 6.45) is 1.23. The molecule has 0 saturated carbocycles. The fourth-order valence-corrected chi connectivity index (χ4v) is 4.35. The van der Waals surface area contributed by atoms with Crippen molar-refractivity contribution in [1.82, 2.24) is 13.8 Å².